The molecule has 0 saturated heterocycles. The van der Waals surface area contributed by atoms with Crippen molar-refractivity contribution in [3.8, 4) is 17.2 Å². The molecule has 0 atom stereocenters. The van der Waals surface area contributed by atoms with Crippen LogP contribution in [0.25, 0.3) is 10.9 Å². The molecular weight excluding hydrogens is 368 g/mol. The van der Waals surface area contributed by atoms with Gasteiger partial charge >= 0.3 is 0 Å². The molecule has 0 amide bonds. The van der Waals surface area contributed by atoms with E-state index in [0.29, 0.717) is 23.8 Å². The minimum Gasteiger partial charge on any atom is -0.493 e. The number of nitrogens with zero attached hydrogens (tertiary/aromatic N) is 3. The first-order valence-electron chi connectivity index (χ1n) is 9.79. The van der Waals surface area contributed by atoms with Crippen LogP contribution in [0.4, 0.5) is 5.82 Å². The third-order valence-electron chi connectivity index (χ3n) is 4.77. The molecule has 29 heavy (non-hydrogen) atoms. The van der Waals surface area contributed by atoms with E-state index in [-0.39, 0.29) is 5.41 Å². The summed E-state index contributed by atoms with van der Waals surface area (Å²) in [5, 5.41) is 4.51. The number of ether oxygens (including phenoxy) is 3. The molecule has 0 aliphatic carbocycles. The van der Waals surface area contributed by atoms with Crippen LogP contribution in [0.1, 0.15) is 19.4 Å². The number of hydrogen-bond donors (Lipinski definition) is 1. The van der Waals surface area contributed by atoms with E-state index < -0.39 is 0 Å². The molecule has 2 aromatic rings. The van der Waals surface area contributed by atoms with Gasteiger partial charge < -0.3 is 29.3 Å². The summed E-state index contributed by atoms with van der Waals surface area (Å²) < 4.78 is 16.7. The highest BCUT2D eigenvalue weighted by Crippen LogP contribution is 2.43. The molecule has 0 bridgehead atoms. The first kappa shape index (κ1) is 23.0. The second kappa shape index (κ2) is 9.50. The van der Waals surface area contributed by atoms with E-state index in [2.05, 4.69) is 44.2 Å². The SMILES string of the molecule is COc1cc2nc(N(C)C)c(CNCC(C)(C)CN(C)C)cc2c(OC)c1OC. The Balaban J connectivity index is 2.44. The molecule has 0 aliphatic rings. The zero-order chi connectivity index (χ0) is 21.8. The Morgan fingerprint density at radius 1 is 0.966 bits per heavy atom. The second-order valence-corrected chi connectivity index (χ2v) is 8.58. The summed E-state index contributed by atoms with van der Waals surface area (Å²) in [7, 11) is 13.1. The van der Waals surface area contributed by atoms with E-state index >= 15 is 0 Å². The highest BCUT2D eigenvalue weighted by molar-refractivity contribution is 5.92. The Kier molecular flexibility index (Phi) is 7.54. The summed E-state index contributed by atoms with van der Waals surface area (Å²) in [6, 6.07) is 4.02. The molecule has 1 N–H and O–H groups in total. The zero-order valence-corrected chi connectivity index (χ0v) is 19.3. The van der Waals surface area contributed by atoms with Crippen LogP contribution in [0, 0.1) is 5.41 Å². The molecule has 0 radical (unpaired) electrons. The summed E-state index contributed by atoms with van der Waals surface area (Å²) >= 11 is 0. The molecule has 0 unspecified atom stereocenters. The lowest BCUT2D eigenvalue weighted by Crippen LogP contribution is -2.37. The molecule has 0 aliphatic heterocycles. The number of fused-ring (bicyclic) bond motifs is 1. The van der Waals surface area contributed by atoms with Gasteiger partial charge in [-0.1, -0.05) is 13.8 Å². The predicted molar refractivity (Wildman–Crippen MR) is 120 cm³/mol. The summed E-state index contributed by atoms with van der Waals surface area (Å²) in [4.78, 5) is 9.14. The standard InChI is InChI=1S/C22H36N4O3/c1-22(2,14-25(3)4)13-23-12-15-10-16-17(24-21(15)26(5)6)11-18(27-7)20(29-9)19(16)28-8/h10-11,23H,12-14H2,1-9H3. The fraction of sp³-hybridized carbons (Fsp3) is 0.591. The monoisotopic (exact) mass is 404 g/mol. The quantitative estimate of drug-likeness (QED) is 0.653. The molecule has 7 nitrogen and oxygen atoms in total. The van der Waals surface area contributed by atoms with Crippen molar-refractivity contribution in [1.29, 1.82) is 0 Å². The number of hydrogen-bond acceptors (Lipinski definition) is 7. The topological polar surface area (TPSA) is 59.1 Å². The van der Waals surface area contributed by atoms with Crippen molar-refractivity contribution in [2.75, 3.05) is 67.5 Å². The van der Waals surface area contributed by atoms with Crippen LogP contribution in [-0.2, 0) is 6.54 Å². The highest BCUT2D eigenvalue weighted by Gasteiger charge is 2.21. The average Bonchev–Trinajstić information content (AvgIpc) is 2.64. The minimum atomic E-state index is 0.167. The second-order valence-electron chi connectivity index (χ2n) is 8.58. The highest BCUT2D eigenvalue weighted by atomic mass is 16.5. The van der Waals surface area contributed by atoms with Gasteiger partial charge in [-0.05, 0) is 25.6 Å². The Bertz CT molecular complexity index is 835. The number of methoxy groups -OCH3 is 3. The lowest BCUT2D eigenvalue weighted by molar-refractivity contribution is 0.232. The smallest absolute Gasteiger partial charge is 0.204 e. The lowest BCUT2D eigenvalue weighted by Gasteiger charge is -2.29. The largest absolute Gasteiger partial charge is 0.493 e. The van der Waals surface area contributed by atoms with Gasteiger partial charge in [-0.3, -0.25) is 0 Å². The van der Waals surface area contributed by atoms with Gasteiger partial charge in [0, 0.05) is 50.7 Å². The summed E-state index contributed by atoms with van der Waals surface area (Å²) in [6.45, 7) is 7.17. The van der Waals surface area contributed by atoms with Gasteiger partial charge in [-0.2, -0.15) is 0 Å². The minimum absolute atomic E-state index is 0.167. The first-order chi connectivity index (χ1) is 13.6. The maximum absolute atomic E-state index is 5.67. The number of benzene rings is 1. The van der Waals surface area contributed by atoms with E-state index in [4.69, 9.17) is 19.2 Å². The molecule has 162 valence electrons. The normalized spacial score (nSPS) is 11.8. The third-order valence-corrected chi connectivity index (χ3v) is 4.77. The van der Waals surface area contributed by atoms with Crippen molar-refractivity contribution in [1.82, 2.24) is 15.2 Å². The predicted octanol–water partition coefficient (Wildman–Crippen LogP) is 3.00. The van der Waals surface area contributed by atoms with Crippen molar-refractivity contribution in [2.24, 2.45) is 5.41 Å². The molecule has 1 aromatic heterocycles. The van der Waals surface area contributed by atoms with Gasteiger partial charge in [0.25, 0.3) is 0 Å². The van der Waals surface area contributed by atoms with Gasteiger partial charge in [0.2, 0.25) is 5.75 Å². The van der Waals surface area contributed by atoms with Crippen molar-refractivity contribution in [3.05, 3.63) is 17.7 Å². The van der Waals surface area contributed by atoms with Gasteiger partial charge in [0.1, 0.15) is 5.82 Å². The molecule has 0 spiro atoms. The number of pyridine rings is 1. The van der Waals surface area contributed by atoms with Crippen LogP contribution in [0.2, 0.25) is 0 Å². The summed E-state index contributed by atoms with van der Waals surface area (Å²) in [5.41, 5.74) is 2.08. The molecule has 2 rings (SSSR count). The van der Waals surface area contributed by atoms with Crippen molar-refractivity contribution < 1.29 is 14.2 Å². The molecule has 1 heterocycles. The van der Waals surface area contributed by atoms with Gasteiger partial charge in [0.05, 0.1) is 26.8 Å². The van der Waals surface area contributed by atoms with Crippen LogP contribution in [-0.4, -0.2) is 72.5 Å². The lowest BCUT2D eigenvalue weighted by atomic mass is 9.93. The van der Waals surface area contributed by atoms with Crippen LogP contribution in [0.15, 0.2) is 12.1 Å². The molecular formula is C22H36N4O3. The van der Waals surface area contributed by atoms with E-state index in [9.17, 15) is 0 Å². The van der Waals surface area contributed by atoms with Crippen LogP contribution < -0.4 is 24.4 Å². The fourth-order valence-corrected chi connectivity index (χ4v) is 3.79. The number of aromatic nitrogens is 1. The van der Waals surface area contributed by atoms with Crippen molar-refractivity contribution in [2.45, 2.75) is 20.4 Å². The third kappa shape index (κ3) is 5.42. The van der Waals surface area contributed by atoms with E-state index in [0.717, 1.165) is 35.4 Å². The Morgan fingerprint density at radius 2 is 1.62 bits per heavy atom. The number of rotatable bonds is 10. The van der Waals surface area contributed by atoms with Crippen molar-refractivity contribution >= 4 is 16.7 Å². The maximum atomic E-state index is 5.67. The van der Waals surface area contributed by atoms with E-state index in [1.54, 1.807) is 21.3 Å². The van der Waals surface area contributed by atoms with Crippen molar-refractivity contribution in [3.63, 3.8) is 0 Å². The van der Waals surface area contributed by atoms with Gasteiger partial charge in [-0.25, -0.2) is 4.98 Å². The molecule has 0 saturated carbocycles. The maximum Gasteiger partial charge on any atom is 0.204 e. The molecule has 0 fully saturated rings. The first-order valence-corrected chi connectivity index (χ1v) is 9.79. The molecule has 7 heteroatoms. The fourth-order valence-electron chi connectivity index (χ4n) is 3.79. The van der Waals surface area contributed by atoms with Crippen LogP contribution in [0.5, 0.6) is 17.2 Å². The van der Waals surface area contributed by atoms with Crippen LogP contribution >= 0.6 is 0 Å². The molecule has 1 aromatic carbocycles. The Morgan fingerprint density at radius 3 is 2.14 bits per heavy atom. The average molecular weight is 405 g/mol. The number of nitrogens with one attached hydrogen (secondary N) is 1. The van der Waals surface area contributed by atoms with Gasteiger partial charge in [-0.15, -0.1) is 0 Å². The zero-order valence-electron chi connectivity index (χ0n) is 19.3. The van der Waals surface area contributed by atoms with E-state index in [1.807, 2.05) is 25.1 Å². The number of anilines is 1. The van der Waals surface area contributed by atoms with E-state index in [1.165, 1.54) is 0 Å². The summed E-state index contributed by atoms with van der Waals surface area (Å²) in [5.74, 6) is 2.73. The Hall–Kier alpha value is -2.25. The van der Waals surface area contributed by atoms with Crippen LogP contribution in [0.3, 0.4) is 0 Å². The Labute approximate surface area is 174 Å². The van der Waals surface area contributed by atoms with Gasteiger partial charge in [0.15, 0.2) is 11.5 Å². The summed E-state index contributed by atoms with van der Waals surface area (Å²) in [6.07, 6.45) is 0.